The number of nitrogens with one attached hydrogen (secondary N) is 1. The molecule has 2 saturated heterocycles. The van der Waals surface area contributed by atoms with Gasteiger partial charge in [-0.05, 0) is 26.4 Å². The minimum atomic E-state index is 0.130. The summed E-state index contributed by atoms with van der Waals surface area (Å²) in [5, 5.41) is 3.34. The number of hydrogen-bond acceptors (Lipinski definition) is 3. The molecule has 80 valence electrons. The number of amides is 1. The Morgan fingerprint density at radius 1 is 1.50 bits per heavy atom. The van der Waals surface area contributed by atoms with Gasteiger partial charge in [0.2, 0.25) is 5.91 Å². The lowest BCUT2D eigenvalue weighted by Crippen LogP contribution is -2.45. The van der Waals surface area contributed by atoms with Crippen LogP contribution < -0.4 is 5.32 Å². The predicted octanol–water partition coefficient (Wildman–Crippen LogP) is -0.489. The second-order valence-corrected chi connectivity index (χ2v) is 4.38. The molecule has 4 heteroatoms. The van der Waals surface area contributed by atoms with Crippen LogP contribution in [-0.2, 0) is 4.79 Å². The van der Waals surface area contributed by atoms with Crippen LogP contribution in [0.2, 0.25) is 0 Å². The second kappa shape index (κ2) is 3.87. The number of rotatable bonds is 2. The fraction of sp³-hybridized carbons (Fsp3) is 0.900. The van der Waals surface area contributed by atoms with Crippen molar-refractivity contribution in [2.75, 3.05) is 33.7 Å². The van der Waals surface area contributed by atoms with Crippen molar-refractivity contribution < 1.29 is 4.79 Å². The van der Waals surface area contributed by atoms with E-state index in [1.54, 1.807) is 0 Å². The molecule has 0 spiro atoms. The maximum absolute atomic E-state index is 11.8. The van der Waals surface area contributed by atoms with Crippen LogP contribution >= 0.6 is 0 Å². The molecule has 0 aromatic carbocycles. The first-order valence-electron chi connectivity index (χ1n) is 5.38. The average molecular weight is 197 g/mol. The number of carbonyl (C=O) groups excluding carboxylic acids is 1. The van der Waals surface area contributed by atoms with Crippen molar-refractivity contribution in [1.82, 2.24) is 15.1 Å². The van der Waals surface area contributed by atoms with E-state index in [1.165, 1.54) is 6.42 Å². The fourth-order valence-electron chi connectivity index (χ4n) is 2.42. The number of likely N-dealkylation sites (tertiary alicyclic amines) is 1. The fourth-order valence-corrected chi connectivity index (χ4v) is 2.42. The van der Waals surface area contributed by atoms with Gasteiger partial charge in [0.15, 0.2) is 0 Å². The summed E-state index contributed by atoms with van der Waals surface area (Å²) in [7, 11) is 3.97. The summed E-state index contributed by atoms with van der Waals surface area (Å²) in [5.41, 5.74) is 0. The van der Waals surface area contributed by atoms with Crippen LogP contribution in [0.5, 0.6) is 0 Å². The zero-order valence-electron chi connectivity index (χ0n) is 8.99. The zero-order chi connectivity index (χ0) is 10.1. The molecule has 2 unspecified atom stereocenters. The van der Waals surface area contributed by atoms with Crippen LogP contribution in [0, 0.1) is 0 Å². The molecule has 2 aliphatic rings. The third kappa shape index (κ3) is 1.64. The molecule has 2 atom stereocenters. The van der Waals surface area contributed by atoms with Crippen molar-refractivity contribution in [1.29, 1.82) is 0 Å². The molecule has 2 heterocycles. The van der Waals surface area contributed by atoms with Crippen molar-refractivity contribution in [3.05, 3.63) is 0 Å². The number of hydrogen-bond donors (Lipinski definition) is 1. The van der Waals surface area contributed by atoms with Gasteiger partial charge >= 0.3 is 0 Å². The molecule has 1 N–H and O–H groups in total. The monoisotopic (exact) mass is 197 g/mol. The Balaban J connectivity index is 1.97. The largest absolute Gasteiger partial charge is 0.344 e. The molecular weight excluding hydrogens is 178 g/mol. The molecule has 2 aliphatic heterocycles. The highest BCUT2D eigenvalue weighted by Gasteiger charge is 2.35. The van der Waals surface area contributed by atoms with E-state index < -0.39 is 0 Å². The van der Waals surface area contributed by atoms with Crippen LogP contribution in [0.3, 0.4) is 0 Å². The van der Waals surface area contributed by atoms with Gasteiger partial charge < -0.3 is 10.2 Å². The van der Waals surface area contributed by atoms with Crippen molar-refractivity contribution in [3.8, 4) is 0 Å². The molecule has 0 bridgehead atoms. The van der Waals surface area contributed by atoms with E-state index in [9.17, 15) is 4.79 Å². The van der Waals surface area contributed by atoms with E-state index in [2.05, 4.69) is 17.3 Å². The molecule has 0 aromatic heterocycles. The number of likely N-dealkylation sites (N-methyl/N-ethyl adjacent to an activating group) is 2. The summed E-state index contributed by atoms with van der Waals surface area (Å²) in [6, 6.07) is 0.681. The van der Waals surface area contributed by atoms with Gasteiger partial charge in [0.05, 0.1) is 6.04 Å². The number of carbonyl (C=O) groups is 1. The van der Waals surface area contributed by atoms with Gasteiger partial charge in [-0.3, -0.25) is 9.69 Å². The van der Waals surface area contributed by atoms with Gasteiger partial charge in [-0.15, -0.1) is 0 Å². The van der Waals surface area contributed by atoms with E-state index in [1.807, 2.05) is 11.9 Å². The number of nitrogens with zero attached hydrogens (tertiary/aromatic N) is 2. The topological polar surface area (TPSA) is 35.6 Å². The van der Waals surface area contributed by atoms with Crippen molar-refractivity contribution in [2.24, 2.45) is 0 Å². The maximum atomic E-state index is 11.8. The Kier molecular flexibility index (Phi) is 2.74. The first-order chi connectivity index (χ1) is 6.70. The minimum Gasteiger partial charge on any atom is -0.344 e. The third-order valence-corrected chi connectivity index (χ3v) is 3.50. The van der Waals surface area contributed by atoms with Gasteiger partial charge in [0, 0.05) is 26.2 Å². The predicted molar refractivity (Wildman–Crippen MR) is 55.1 cm³/mol. The van der Waals surface area contributed by atoms with Crippen LogP contribution in [0.15, 0.2) is 0 Å². The summed E-state index contributed by atoms with van der Waals surface area (Å²) in [5.74, 6) is 0.291. The summed E-state index contributed by atoms with van der Waals surface area (Å²) < 4.78 is 0. The first kappa shape index (κ1) is 9.93. The summed E-state index contributed by atoms with van der Waals surface area (Å²) in [6.45, 7) is 3.03. The Hall–Kier alpha value is -0.610. The third-order valence-electron chi connectivity index (χ3n) is 3.50. The quantitative estimate of drug-likeness (QED) is 0.649. The molecule has 14 heavy (non-hydrogen) atoms. The average Bonchev–Trinajstić information content (AvgIpc) is 2.77. The van der Waals surface area contributed by atoms with Gasteiger partial charge in [-0.2, -0.15) is 0 Å². The minimum absolute atomic E-state index is 0.130. The van der Waals surface area contributed by atoms with Crippen LogP contribution in [0.4, 0.5) is 0 Å². The lowest BCUT2D eigenvalue weighted by atomic mass is 10.1. The molecule has 0 aromatic rings. The highest BCUT2D eigenvalue weighted by Crippen LogP contribution is 2.18. The maximum Gasteiger partial charge on any atom is 0.239 e. The first-order valence-corrected chi connectivity index (χ1v) is 5.38. The molecule has 2 rings (SSSR count). The molecule has 1 amide bonds. The van der Waals surface area contributed by atoms with E-state index in [-0.39, 0.29) is 6.04 Å². The normalized spacial score (nSPS) is 33.4. The van der Waals surface area contributed by atoms with Crippen LogP contribution in [-0.4, -0.2) is 61.5 Å². The highest BCUT2D eigenvalue weighted by molar-refractivity contribution is 5.83. The van der Waals surface area contributed by atoms with E-state index in [0.717, 1.165) is 26.1 Å². The summed E-state index contributed by atoms with van der Waals surface area (Å²) in [4.78, 5) is 15.9. The second-order valence-electron chi connectivity index (χ2n) is 4.38. The SMILES string of the molecule is CN1CCC(N(C)C2CCNC2)C1=O. The standard InChI is InChI=1S/C10H19N3O/c1-12-6-4-9(10(12)14)13(2)8-3-5-11-7-8/h8-9,11H,3-7H2,1-2H3. The van der Waals surface area contributed by atoms with E-state index in [4.69, 9.17) is 0 Å². The smallest absolute Gasteiger partial charge is 0.239 e. The Morgan fingerprint density at radius 3 is 2.79 bits per heavy atom. The lowest BCUT2D eigenvalue weighted by molar-refractivity contribution is -0.131. The molecular formula is C10H19N3O. The molecule has 2 fully saturated rings. The molecule has 0 radical (unpaired) electrons. The molecule has 0 aliphatic carbocycles. The van der Waals surface area contributed by atoms with Crippen molar-refractivity contribution in [2.45, 2.75) is 24.9 Å². The molecule has 0 saturated carbocycles. The van der Waals surface area contributed by atoms with Crippen LogP contribution in [0.1, 0.15) is 12.8 Å². The summed E-state index contributed by atoms with van der Waals surface area (Å²) >= 11 is 0. The highest BCUT2D eigenvalue weighted by atomic mass is 16.2. The Morgan fingerprint density at radius 2 is 2.29 bits per heavy atom. The van der Waals surface area contributed by atoms with E-state index >= 15 is 0 Å². The zero-order valence-corrected chi connectivity index (χ0v) is 8.99. The molecule has 4 nitrogen and oxygen atoms in total. The van der Waals surface area contributed by atoms with Crippen molar-refractivity contribution in [3.63, 3.8) is 0 Å². The van der Waals surface area contributed by atoms with Gasteiger partial charge in [-0.25, -0.2) is 0 Å². The van der Waals surface area contributed by atoms with Gasteiger partial charge in [0.25, 0.3) is 0 Å². The lowest BCUT2D eigenvalue weighted by Gasteiger charge is -2.28. The Bertz CT molecular complexity index is 225. The van der Waals surface area contributed by atoms with Crippen molar-refractivity contribution >= 4 is 5.91 Å². The summed E-state index contributed by atoms with van der Waals surface area (Å²) in [6.07, 6.45) is 2.16. The van der Waals surface area contributed by atoms with Gasteiger partial charge in [-0.1, -0.05) is 0 Å². The van der Waals surface area contributed by atoms with Gasteiger partial charge in [0.1, 0.15) is 0 Å². The Labute approximate surface area is 85.2 Å². The van der Waals surface area contributed by atoms with Crippen LogP contribution in [0.25, 0.3) is 0 Å². The van der Waals surface area contributed by atoms with E-state index in [0.29, 0.717) is 11.9 Å².